The number of aryl methyl sites for hydroxylation is 2. The summed E-state index contributed by atoms with van der Waals surface area (Å²) < 4.78 is 46.2. The fraction of sp³-hybridized carbons (Fsp3) is 0.750. The molecule has 7 heteroatoms. The second-order valence-electron chi connectivity index (χ2n) is 4.18. The summed E-state index contributed by atoms with van der Waals surface area (Å²) in [4.78, 5) is 3.96. The van der Waals surface area contributed by atoms with Gasteiger partial charge in [0, 0.05) is 26.5 Å². The van der Waals surface area contributed by atoms with Crippen LogP contribution in [-0.2, 0) is 17.6 Å². The molecule has 0 atom stereocenters. The zero-order valence-corrected chi connectivity index (χ0v) is 10.9. The summed E-state index contributed by atoms with van der Waals surface area (Å²) in [7, 11) is 1.64. The van der Waals surface area contributed by atoms with Crippen molar-refractivity contribution in [1.29, 1.82) is 0 Å². The van der Waals surface area contributed by atoms with Crippen molar-refractivity contribution >= 4 is 0 Å². The van der Waals surface area contributed by atoms with E-state index in [9.17, 15) is 13.2 Å². The summed E-state index contributed by atoms with van der Waals surface area (Å²) in [6, 6.07) is 0. The Balaban J connectivity index is 2.16. The number of aromatic nitrogens is 1. The third kappa shape index (κ3) is 7.84. The van der Waals surface area contributed by atoms with Crippen LogP contribution in [0.2, 0.25) is 0 Å². The molecule has 0 saturated heterocycles. The Hall–Kier alpha value is -1.08. The molecule has 0 radical (unpaired) electrons. The fourth-order valence-electron chi connectivity index (χ4n) is 1.51. The number of ether oxygens (including phenoxy) is 1. The molecule has 0 saturated carbocycles. The van der Waals surface area contributed by atoms with E-state index in [2.05, 4.69) is 10.3 Å². The first-order valence-corrected chi connectivity index (χ1v) is 6.21. The van der Waals surface area contributed by atoms with E-state index < -0.39 is 12.6 Å². The highest BCUT2D eigenvalue weighted by Gasteiger charge is 2.27. The van der Waals surface area contributed by atoms with Crippen molar-refractivity contribution < 1.29 is 22.3 Å². The lowest BCUT2D eigenvalue weighted by Gasteiger charge is -2.03. The van der Waals surface area contributed by atoms with Crippen LogP contribution in [0.15, 0.2) is 10.6 Å². The van der Waals surface area contributed by atoms with Gasteiger partial charge in [0.1, 0.15) is 5.76 Å². The third-order valence-corrected chi connectivity index (χ3v) is 2.48. The highest BCUT2D eigenvalue weighted by molar-refractivity contribution is 4.95. The summed E-state index contributed by atoms with van der Waals surface area (Å²) in [5, 5.41) is 3.17. The first kappa shape index (κ1) is 16.0. The molecule has 1 aromatic heterocycles. The van der Waals surface area contributed by atoms with E-state index in [1.54, 1.807) is 7.11 Å². The molecular formula is C12H19F3N2O2. The van der Waals surface area contributed by atoms with Crippen LogP contribution in [0.25, 0.3) is 0 Å². The number of rotatable bonds is 9. The highest BCUT2D eigenvalue weighted by atomic mass is 19.4. The number of hydrogen-bond acceptors (Lipinski definition) is 4. The standard InChI is InChI=1S/C12H19F3N2O2/c1-18-8-7-16-6-2-3-11-17-9-10(19-11)4-5-12(13,14)15/h9,16H,2-8H2,1H3. The largest absolute Gasteiger partial charge is 0.446 e. The zero-order chi connectivity index (χ0) is 14.1. The minimum absolute atomic E-state index is 0.150. The Labute approximate surface area is 110 Å². The first-order chi connectivity index (χ1) is 9.01. The van der Waals surface area contributed by atoms with Gasteiger partial charge in [-0.1, -0.05) is 0 Å². The van der Waals surface area contributed by atoms with Crippen LogP contribution in [0.1, 0.15) is 24.5 Å². The molecule has 1 aromatic rings. The molecule has 1 rings (SSSR count). The molecule has 4 nitrogen and oxygen atoms in total. The van der Waals surface area contributed by atoms with Crippen LogP contribution < -0.4 is 5.32 Å². The summed E-state index contributed by atoms with van der Waals surface area (Å²) in [5.41, 5.74) is 0. The Morgan fingerprint density at radius 2 is 2.11 bits per heavy atom. The summed E-state index contributed by atoms with van der Waals surface area (Å²) in [5.74, 6) is 0.783. The van der Waals surface area contributed by atoms with E-state index in [0.717, 1.165) is 19.5 Å². The first-order valence-electron chi connectivity index (χ1n) is 6.21. The summed E-state index contributed by atoms with van der Waals surface area (Å²) >= 11 is 0. The maximum atomic E-state index is 12.0. The van der Waals surface area contributed by atoms with Gasteiger partial charge in [0.15, 0.2) is 5.89 Å². The topological polar surface area (TPSA) is 47.3 Å². The minimum atomic E-state index is -4.15. The average molecular weight is 280 g/mol. The minimum Gasteiger partial charge on any atom is -0.446 e. The monoisotopic (exact) mass is 280 g/mol. The molecule has 0 aliphatic rings. The number of nitrogens with zero attached hydrogens (tertiary/aromatic N) is 1. The number of methoxy groups -OCH3 is 1. The highest BCUT2D eigenvalue weighted by Crippen LogP contribution is 2.22. The van der Waals surface area contributed by atoms with Crippen LogP contribution in [0.5, 0.6) is 0 Å². The van der Waals surface area contributed by atoms with Crippen molar-refractivity contribution in [1.82, 2.24) is 10.3 Å². The molecule has 0 amide bonds. The molecule has 0 unspecified atom stereocenters. The average Bonchev–Trinajstić information content (AvgIpc) is 2.78. The van der Waals surface area contributed by atoms with Crippen LogP contribution in [0.3, 0.4) is 0 Å². The number of nitrogens with one attached hydrogen (secondary N) is 1. The molecule has 19 heavy (non-hydrogen) atoms. The molecule has 0 aliphatic carbocycles. The molecular weight excluding hydrogens is 261 g/mol. The van der Waals surface area contributed by atoms with E-state index in [-0.39, 0.29) is 6.42 Å². The number of alkyl halides is 3. The van der Waals surface area contributed by atoms with Crippen LogP contribution in [-0.4, -0.2) is 38.0 Å². The van der Waals surface area contributed by atoms with Gasteiger partial charge >= 0.3 is 6.18 Å². The number of oxazole rings is 1. The SMILES string of the molecule is COCCNCCCc1ncc(CCC(F)(F)F)o1. The van der Waals surface area contributed by atoms with E-state index in [1.165, 1.54) is 6.20 Å². The smallest absolute Gasteiger partial charge is 0.389 e. The second kappa shape index (κ2) is 8.16. The van der Waals surface area contributed by atoms with Crippen molar-refractivity contribution in [2.24, 2.45) is 0 Å². The van der Waals surface area contributed by atoms with Gasteiger partial charge in [0.05, 0.1) is 19.2 Å². The second-order valence-corrected chi connectivity index (χ2v) is 4.18. The van der Waals surface area contributed by atoms with E-state index >= 15 is 0 Å². The lowest BCUT2D eigenvalue weighted by Crippen LogP contribution is -2.20. The molecule has 0 spiro atoms. The Morgan fingerprint density at radius 3 is 2.79 bits per heavy atom. The summed E-state index contributed by atoms with van der Waals surface area (Å²) in [6.07, 6.45) is -2.37. The van der Waals surface area contributed by atoms with E-state index in [1.807, 2.05) is 0 Å². The predicted octanol–water partition coefficient (Wildman–Crippen LogP) is 2.34. The molecule has 110 valence electrons. The Bertz CT molecular complexity index is 353. The van der Waals surface area contributed by atoms with Gasteiger partial charge < -0.3 is 14.5 Å². The van der Waals surface area contributed by atoms with Gasteiger partial charge in [0.25, 0.3) is 0 Å². The maximum Gasteiger partial charge on any atom is 0.389 e. The normalized spacial score (nSPS) is 12.0. The van der Waals surface area contributed by atoms with Crippen molar-refractivity contribution in [3.05, 3.63) is 17.8 Å². The zero-order valence-electron chi connectivity index (χ0n) is 10.9. The Morgan fingerprint density at radius 1 is 1.32 bits per heavy atom. The van der Waals surface area contributed by atoms with E-state index in [0.29, 0.717) is 24.7 Å². The van der Waals surface area contributed by atoms with Crippen molar-refractivity contribution in [3.8, 4) is 0 Å². The van der Waals surface area contributed by atoms with Crippen LogP contribution >= 0.6 is 0 Å². The summed E-state index contributed by atoms with van der Waals surface area (Å²) in [6.45, 7) is 2.23. The van der Waals surface area contributed by atoms with Crippen molar-refractivity contribution in [2.75, 3.05) is 26.8 Å². The molecule has 1 N–H and O–H groups in total. The predicted molar refractivity (Wildman–Crippen MR) is 63.9 cm³/mol. The number of hydrogen-bond donors (Lipinski definition) is 1. The van der Waals surface area contributed by atoms with Gasteiger partial charge in [-0.15, -0.1) is 0 Å². The van der Waals surface area contributed by atoms with Gasteiger partial charge in [-0.2, -0.15) is 13.2 Å². The van der Waals surface area contributed by atoms with Gasteiger partial charge in [-0.25, -0.2) is 4.98 Å². The lowest BCUT2D eigenvalue weighted by molar-refractivity contribution is -0.134. The van der Waals surface area contributed by atoms with Gasteiger partial charge in [-0.3, -0.25) is 0 Å². The molecule has 0 bridgehead atoms. The van der Waals surface area contributed by atoms with E-state index in [4.69, 9.17) is 9.15 Å². The van der Waals surface area contributed by atoms with Gasteiger partial charge in [-0.05, 0) is 13.0 Å². The quantitative estimate of drug-likeness (QED) is 0.705. The van der Waals surface area contributed by atoms with Gasteiger partial charge in [0.2, 0.25) is 0 Å². The van der Waals surface area contributed by atoms with Crippen LogP contribution in [0, 0.1) is 0 Å². The third-order valence-electron chi connectivity index (χ3n) is 2.48. The van der Waals surface area contributed by atoms with Crippen molar-refractivity contribution in [3.63, 3.8) is 0 Å². The fourth-order valence-corrected chi connectivity index (χ4v) is 1.51. The molecule has 0 fully saturated rings. The van der Waals surface area contributed by atoms with Crippen molar-refractivity contribution in [2.45, 2.75) is 31.9 Å². The molecule has 1 heterocycles. The lowest BCUT2D eigenvalue weighted by atomic mass is 10.2. The maximum absolute atomic E-state index is 12.0. The molecule has 0 aromatic carbocycles. The molecule has 0 aliphatic heterocycles. The number of halogens is 3. The Kier molecular flexibility index (Phi) is 6.86. The van der Waals surface area contributed by atoms with Crippen LogP contribution in [0.4, 0.5) is 13.2 Å².